The van der Waals surface area contributed by atoms with Crippen LogP contribution in [0.25, 0.3) is 0 Å². The van der Waals surface area contributed by atoms with E-state index < -0.39 is 0 Å². The Morgan fingerprint density at radius 1 is 1.32 bits per heavy atom. The molecular formula is C15H28O4. The molecule has 3 N–H and O–H groups in total. The summed E-state index contributed by atoms with van der Waals surface area (Å²) in [6, 6.07) is 0. The van der Waals surface area contributed by atoms with Crippen LogP contribution in [0.2, 0.25) is 0 Å². The van der Waals surface area contributed by atoms with Crippen molar-refractivity contribution in [3.63, 3.8) is 0 Å². The number of allylic oxidation sites excluding steroid dienone is 2. The van der Waals surface area contributed by atoms with Gasteiger partial charge in [0.1, 0.15) is 0 Å². The fraction of sp³-hybridized carbons (Fsp3) is 0.800. The molecule has 0 aliphatic heterocycles. The average Bonchev–Trinajstić information content (AvgIpc) is 2.38. The Labute approximate surface area is 116 Å². The topological polar surface area (TPSA) is 78.0 Å². The molecule has 4 heteroatoms. The molecule has 4 nitrogen and oxygen atoms in total. The molecule has 0 heterocycles. The predicted molar refractivity (Wildman–Crippen MR) is 75.7 cm³/mol. The number of carbonyl (C=O) groups is 1. The number of aliphatic hydroxyl groups excluding tert-OH is 1. The molecule has 2 aliphatic carbocycles. The standard InChI is InChI=1S/C14H22O3.CH4.H2O/c15-9-4-10-17-14(16)13-8-3-6-11-5-1-2-7-12(11)13;;/h1,5,11-13,15H,2-4,6-10H2;1H4;1H2. The van der Waals surface area contributed by atoms with Crippen molar-refractivity contribution in [1.29, 1.82) is 0 Å². The second kappa shape index (κ2) is 9.10. The van der Waals surface area contributed by atoms with E-state index in [1.807, 2.05) is 0 Å². The van der Waals surface area contributed by atoms with E-state index in [2.05, 4.69) is 12.2 Å². The molecule has 0 aromatic carbocycles. The zero-order valence-corrected chi connectivity index (χ0v) is 10.8. The summed E-state index contributed by atoms with van der Waals surface area (Å²) in [5.74, 6) is 1.14. The summed E-state index contributed by atoms with van der Waals surface area (Å²) in [5, 5.41) is 8.68. The van der Waals surface area contributed by atoms with E-state index in [-0.39, 0.29) is 31.4 Å². The van der Waals surface area contributed by atoms with Crippen molar-refractivity contribution in [2.45, 2.75) is 46.0 Å². The van der Waals surface area contributed by atoms with Crippen molar-refractivity contribution in [2.75, 3.05) is 13.2 Å². The van der Waals surface area contributed by atoms with E-state index in [9.17, 15) is 4.79 Å². The van der Waals surface area contributed by atoms with Crippen molar-refractivity contribution in [1.82, 2.24) is 0 Å². The molecular weight excluding hydrogens is 244 g/mol. The Morgan fingerprint density at radius 3 is 2.84 bits per heavy atom. The van der Waals surface area contributed by atoms with Gasteiger partial charge >= 0.3 is 5.97 Å². The van der Waals surface area contributed by atoms with Gasteiger partial charge in [-0.15, -0.1) is 0 Å². The first-order chi connectivity index (χ1) is 8.33. The lowest BCUT2D eigenvalue weighted by Crippen LogP contribution is -2.35. The van der Waals surface area contributed by atoms with Crippen LogP contribution in [0.4, 0.5) is 0 Å². The van der Waals surface area contributed by atoms with Gasteiger partial charge < -0.3 is 15.3 Å². The molecule has 1 saturated carbocycles. The monoisotopic (exact) mass is 272 g/mol. The van der Waals surface area contributed by atoms with Gasteiger partial charge in [-0.1, -0.05) is 26.0 Å². The van der Waals surface area contributed by atoms with Crippen molar-refractivity contribution >= 4 is 5.97 Å². The summed E-state index contributed by atoms with van der Waals surface area (Å²) in [6.45, 7) is 0.450. The van der Waals surface area contributed by atoms with Gasteiger partial charge in [0.25, 0.3) is 0 Å². The normalized spacial score (nSPS) is 28.6. The molecule has 112 valence electrons. The van der Waals surface area contributed by atoms with Gasteiger partial charge in [0.05, 0.1) is 12.5 Å². The number of rotatable bonds is 4. The van der Waals surface area contributed by atoms with Crippen LogP contribution in [0.15, 0.2) is 12.2 Å². The second-order valence-corrected chi connectivity index (χ2v) is 5.12. The van der Waals surface area contributed by atoms with Crippen LogP contribution in [0, 0.1) is 17.8 Å². The smallest absolute Gasteiger partial charge is 0.309 e. The molecule has 0 spiro atoms. The zero-order chi connectivity index (χ0) is 12.1. The molecule has 0 radical (unpaired) electrons. The summed E-state index contributed by atoms with van der Waals surface area (Å²) < 4.78 is 5.25. The maximum absolute atomic E-state index is 12.0. The van der Waals surface area contributed by atoms with E-state index in [1.54, 1.807) is 0 Å². The van der Waals surface area contributed by atoms with Crippen molar-refractivity contribution in [3.8, 4) is 0 Å². The maximum Gasteiger partial charge on any atom is 0.309 e. The van der Waals surface area contributed by atoms with Gasteiger partial charge in [0.2, 0.25) is 0 Å². The number of ether oxygens (including phenoxy) is 1. The van der Waals surface area contributed by atoms with E-state index >= 15 is 0 Å². The predicted octanol–water partition coefficient (Wildman–Crippen LogP) is 2.11. The lowest BCUT2D eigenvalue weighted by molar-refractivity contribution is -0.153. The van der Waals surface area contributed by atoms with Crippen LogP contribution in [0.1, 0.15) is 46.0 Å². The van der Waals surface area contributed by atoms with Gasteiger partial charge in [-0.25, -0.2) is 0 Å². The van der Waals surface area contributed by atoms with E-state index in [1.165, 1.54) is 6.42 Å². The molecule has 0 saturated heterocycles. The number of esters is 1. The Balaban J connectivity index is 0.00000162. The third-order valence-electron chi connectivity index (χ3n) is 4.02. The van der Waals surface area contributed by atoms with Crippen molar-refractivity contribution in [3.05, 3.63) is 12.2 Å². The summed E-state index contributed by atoms with van der Waals surface area (Å²) in [4.78, 5) is 12.0. The first-order valence-electron chi connectivity index (χ1n) is 6.77. The molecule has 3 unspecified atom stereocenters. The molecule has 0 amide bonds. The Bertz CT molecular complexity index is 288. The molecule has 3 atom stereocenters. The Morgan fingerprint density at radius 2 is 2.11 bits per heavy atom. The number of aliphatic hydroxyl groups is 1. The highest BCUT2D eigenvalue weighted by molar-refractivity contribution is 5.73. The van der Waals surface area contributed by atoms with Crippen LogP contribution in [-0.4, -0.2) is 29.8 Å². The maximum atomic E-state index is 12.0. The van der Waals surface area contributed by atoms with Crippen LogP contribution in [-0.2, 0) is 9.53 Å². The van der Waals surface area contributed by atoms with Gasteiger partial charge in [0.15, 0.2) is 0 Å². The molecule has 0 aromatic rings. The third kappa shape index (κ3) is 4.62. The summed E-state index contributed by atoms with van der Waals surface area (Å²) in [5.41, 5.74) is 0. The molecule has 2 aliphatic rings. The third-order valence-corrected chi connectivity index (χ3v) is 4.02. The van der Waals surface area contributed by atoms with Crippen LogP contribution in [0.3, 0.4) is 0 Å². The minimum Gasteiger partial charge on any atom is -0.465 e. The lowest BCUT2D eigenvalue weighted by atomic mass is 9.68. The molecule has 0 bridgehead atoms. The number of fused-ring (bicyclic) bond motifs is 1. The van der Waals surface area contributed by atoms with Crippen LogP contribution >= 0.6 is 0 Å². The fourth-order valence-corrected chi connectivity index (χ4v) is 3.15. The second-order valence-electron chi connectivity index (χ2n) is 5.12. The first-order valence-corrected chi connectivity index (χ1v) is 6.77. The minimum absolute atomic E-state index is 0. The molecule has 19 heavy (non-hydrogen) atoms. The van der Waals surface area contributed by atoms with Gasteiger partial charge in [0, 0.05) is 13.0 Å². The average molecular weight is 272 g/mol. The largest absolute Gasteiger partial charge is 0.465 e. The number of carbonyl (C=O) groups excluding carboxylic acids is 1. The van der Waals surface area contributed by atoms with Crippen molar-refractivity contribution in [2.24, 2.45) is 17.8 Å². The summed E-state index contributed by atoms with van der Waals surface area (Å²) in [6.07, 6.45) is 10.6. The quantitative estimate of drug-likeness (QED) is 0.483. The Hall–Kier alpha value is -0.870. The van der Waals surface area contributed by atoms with Gasteiger partial charge in [-0.3, -0.25) is 4.79 Å². The molecule has 0 aromatic heterocycles. The summed E-state index contributed by atoms with van der Waals surface area (Å²) >= 11 is 0. The van der Waals surface area contributed by atoms with Gasteiger partial charge in [-0.2, -0.15) is 0 Å². The molecule has 1 fully saturated rings. The Kier molecular flexibility index (Phi) is 8.68. The van der Waals surface area contributed by atoms with Gasteiger partial charge in [-0.05, 0) is 37.5 Å². The number of hydrogen-bond acceptors (Lipinski definition) is 3. The van der Waals surface area contributed by atoms with E-state index in [0.717, 1.165) is 25.7 Å². The summed E-state index contributed by atoms with van der Waals surface area (Å²) in [7, 11) is 0. The van der Waals surface area contributed by atoms with Crippen LogP contribution < -0.4 is 0 Å². The fourth-order valence-electron chi connectivity index (χ4n) is 3.15. The highest BCUT2D eigenvalue weighted by Gasteiger charge is 2.37. The minimum atomic E-state index is -0.0385. The highest BCUT2D eigenvalue weighted by Crippen LogP contribution is 2.41. The zero-order valence-electron chi connectivity index (χ0n) is 10.8. The highest BCUT2D eigenvalue weighted by atomic mass is 16.5. The molecule has 2 rings (SSSR count). The SMILES string of the molecule is C.O.O=C(OCCCO)C1CCCC2C=CCCC21. The van der Waals surface area contributed by atoms with Crippen molar-refractivity contribution < 1.29 is 20.1 Å². The van der Waals surface area contributed by atoms with Crippen LogP contribution in [0.5, 0.6) is 0 Å². The lowest BCUT2D eigenvalue weighted by Gasteiger charge is -2.37. The first kappa shape index (κ1) is 18.1. The van der Waals surface area contributed by atoms with E-state index in [4.69, 9.17) is 9.84 Å². The number of hydrogen-bond donors (Lipinski definition) is 1. The van der Waals surface area contributed by atoms with E-state index in [0.29, 0.717) is 24.9 Å².